The van der Waals surface area contributed by atoms with Gasteiger partial charge in [-0.3, -0.25) is 9.69 Å². The first kappa shape index (κ1) is 14.0. The highest BCUT2D eigenvalue weighted by atomic mass is 19.1. The van der Waals surface area contributed by atoms with Crippen molar-refractivity contribution in [3.63, 3.8) is 0 Å². The lowest BCUT2D eigenvalue weighted by Crippen LogP contribution is -2.46. The summed E-state index contributed by atoms with van der Waals surface area (Å²) in [6, 6.07) is 4.57. The highest BCUT2D eigenvalue weighted by molar-refractivity contribution is 5.94. The molecule has 104 valence electrons. The van der Waals surface area contributed by atoms with Crippen LogP contribution < -0.4 is 10.6 Å². The van der Waals surface area contributed by atoms with Crippen LogP contribution in [0.4, 0.5) is 4.39 Å². The van der Waals surface area contributed by atoms with Crippen LogP contribution in [-0.4, -0.2) is 50.1 Å². The summed E-state index contributed by atoms with van der Waals surface area (Å²) in [5.74, 6) is -0.804. The second-order valence-corrected chi connectivity index (χ2v) is 4.83. The standard InChI is InChI=1S/C14H20FN3O/c1-11-2-3-13(15)12(10-11)14(19)17-6-9-18-7-4-16-5-8-18/h2-3,10,16H,4-9H2,1H3,(H,17,19). The maximum absolute atomic E-state index is 13.5. The van der Waals surface area contributed by atoms with Crippen molar-refractivity contribution in [3.8, 4) is 0 Å². The van der Waals surface area contributed by atoms with E-state index in [0.717, 1.165) is 38.3 Å². The van der Waals surface area contributed by atoms with Crippen molar-refractivity contribution in [2.45, 2.75) is 6.92 Å². The first-order chi connectivity index (χ1) is 9.16. The van der Waals surface area contributed by atoms with E-state index < -0.39 is 5.82 Å². The molecule has 2 rings (SSSR count). The Morgan fingerprint density at radius 2 is 2.16 bits per heavy atom. The number of nitrogens with zero attached hydrogens (tertiary/aromatic N) is 1. The van der Waals surface area contributed by atoms with Gasteiger partial charge < -0.3 is 10.6 Å². The molecule has 0 aliphatic carbocycles. The summed E-state index contributed by atoms with van der Waals surface area (Å²) in [6.45, 7) is 7.16. The number of aryl methyl sites for hydroxylation is 1. The van der Waals surface area contributed by atoms with E-state index >= 15 is 0 Å². The van der Waals surface area contributed by atoms with Crippen molar-refractivity contribution in [1.82, 2.24) is 15.5 Å². The van der Waals surface area contributed by atoms with Gasteiger partial charge in [-0.05, 0) is 19.1 Å². The minimum atomic E-state index is -0.467. The van der Waals surface area contributed by atoms with Gasteiger partial charge in [0.25, 0.3) is 5.91 Å². The number of rotatable bonds is 4. The Balaban J connectivity index is 1.82. The maximum atomic E-state index is 13.5. The van der Waals surface area contributed by atoms with Crippen molar-refractivity contribution < 1.29 is 9.18 Å². The van der Waals surface area contributed by atoms with Gasteiger partial charge in [-0.25, -0.2) is 4.39 Å². The minimum absolute atomic E-state index is 0.125. The summed E-state index contributed by atoms with van der Waals surface area (Å²) in [6.07, 6.45) is 0. The second-order valence-electron chi connectivity index (χ2n) is 4.83. The Kier molecular flexibility index (Phi) is 4.87. The lowest BCUT2D eigenvalue weighted by Gasteiger charge is -2.27. The molecular weight excluding hydrogens is 245 g/mol. The lowest BCUT2D eigenvalue weighted by molar-refractivity contribution is 0.0943. The van der Waals surface area contributed by atoms with Gasteiger partial charge in [-0.1, -0.05) is 11.6 Å². The predicted octanol–water partition coefficient (Wildman–Crippen LogP) is 0.769. The molecule has 1 aromatic carbocycles. The molecule has 0 atom stereocenters. The predicted molar refractivity (Wildman–Crippen MR) is 72.8 cm³/mol. The van der Waals surface area contributed by atoms with E-state index in [1.165, 1.54) is 6.07 Å². The Morgan fingerprint density at radius 3 is 2.89 bits per heavy atom. The monoisotopic (exact) mass is 265 g/mol. The molecule has 0 radical (unpaired) electrons. The highest BCUT2D eigenvalue weighted by Crippen LogP contribution is 2.09. The number of amides is 1. The summed E-state index contributed by atoms with van der Waals surface area (Å²) < 4.78 is 13.5. The number of nitrogens with one attached hydrogen (secondary N) is 2. The van der Waals surface area contributed by atoms with Crippen LogP contribution in [0, 0.1) is 12.7 Å². The van der Waals surface area contributed by atoms with E-state index in [4.69, 9.17) is 0 Å². The molecule has 1 aliphatic heterocycles. The summed E-state index contributed by atoms with van der Waals surface area (Å²) in [5, 5.41) is 6.05. The molecular formula is C14H20FN3O. The molecule has 0 bridgehead atoms. The fourth-order valence-corrected chi connectivity index (χ4v) is 2.17. The van der Waals surface area contributed by atoms with E-state index in [2.05, 4.69) is 15.5 Å². The Hall–Kier alpha value is -1.46. The van der Waals surface area contributed by atoms with Crippen molar-refractivity contribution in [3.05, 3.63) is 35.1 Å². The largest absolute Gasteiger partial charge is 0.351 e. The van der Waals surface area contributed by atoms with E-state index in [1.54, 1.807) is 12.1 Å². The van der Waals surface area contributed by atoms with Gasteiger partial charge in [0.1, 0.15) is 5.82 Å². The zero-order valence-corrected chi connectivity index (χ0v) is 11.2. The van der Waals surface area contributed by atoms with Gasteiger partial charge in [0.15, 0.2) is 0 Å². The molecule has 0 aromatic heterocycles. The number of benzene rings is 1. The molecule has 1 fully saturated rings. The molecule has 1 heterocycles. The summed E-state index contributed by atoms with van der Waals surface area (Å²) in [5.41, 5.74) is 1.01. The molecule has 19 heavy (non-hydrogen) atoms. The molecule has 0 spiro atoms. The average molecular weight is 265 g/mol. The topological polar surface area (TPSA) is 44.4 Å². The first-order valence-corrected chi connectivity index (χ1v) is 6.64. The average Bonchev–Trinajstić information content (AvgIpc) is 2.42. The van der Waals surface area contributed by atoms with Gasteiger partial charge in [-0.2, -0.15) is 0 Å². The van der Waals surface area contributed by atoms with Gasteiger partial charge in [-0.15, -0.1) is 0 Å². The van der Waals surface area contributed by atoms with Crippen LogP contribution in [0.3, 0.4) is 0 Å². The number of carbonyl (C=O) groups excluding carboxylic acids is 1. The van der Waals surface area contributed by atoms with Crippen LogP contribution in [0.25, 0.3) is 0 Å². The number of halogens is 1. The van der Waals surface area contributed by atoms with Crippen molar-refractivity contribution in [2.75, 3.05) is 39.3 Å². The SMILES string of the molecule is Cc1ccc(F)c(C(=O)NCCN2CCNCC2)c1. The third kappa shape index (κ3) is 4.01. The second kappa shape index (κ2) is 6.63. The zero-order valence-electron chi connectivity index (χ0n) is 11.2. The summed E-state index contributed by atoms with van der Waals surface area (Å²) >= 11 is 0. The number of piperazine rings is 1. The van der Waals surface area contributed by atoms with Crippen LogP contribution in [0.1, 0.15) is 15.9 Å². The number of carbonyl (C=O) groups is 1. The summed E-state index contributed by atoms with van der Waals surface area (Å²) in [7, 11) is 0. The van der Waals surface area contributed by atoms with E-state index in [9.17, 15) is 9.18 Å². The van der Waals surface area contributed by atoms with Crippen LogP contribution in [0.15, 0.2) is 18.2 Å². The molecule has 0 saturated carbocycles. The van der Waals surface area contributed by atoms with Crippen molar-refractivity contribution in [2.24, 2.45) is 0 Å². The maximum Gasteiger partial charge on any atom is 0.254 e. The highest BCUT2D eigenvalue weighted by Gasteiger charge is 2.13. The fraction of sp³-hybridized carbons (Fsp3) is 0.500. The Bertz CT molecular complexity index is 444. The fourth-order valence-electron chi connectivity index (χ4n) is 2.17. The number of hydrogen-bond donors (Lipinski definition) is 2. The third-order valence-electron chi connectivity index (χ3n) is 3.29. The van der Waals surface area contributed by atoms with Crippen LogP contribution in [0.5, 0.6) is 0 Å². The molecule has 0 unspecified atom stereocenters. The minimum Gasteiger partial charge on any atom is -0.351 e. The van der Waals surface area contributed by atoms with Gasteiger partial charge >= 0.3 is 0 Å². The van der Waals surface area contributed by atoms with Gasteiger partial charge in [0, 0.05) is 39.3 Å². The Labute approximate surface area is 113 Å². The zero-order chi connectivity index (χ0) is 13.7. The normalized spacial score (nSPS) is 16.3. The molecule has 1 saturated heterocycles. The molecule has 1 aromatic rings. The van der Waals surface area contributed by atoms with Crippen LogP contribution >= 0.6 is 0 Å². The van der Waals surface area contributed by atoms with E-state index in [0.29, 0.717) is 6.54 Å². The smallest absolute Gasteiger partial charge is 0.254 e. The summed E-state index contributed by atoms with van der Waals surface area (Å²) in [4.78, 5) is 14.2. The van der Waals surface area contributed by atoms with E-state index in [-0.39, 0.29) is 11.5 Å². The quantitative estimate of drug-likeness (QED) is 0.845. The third-order valence-corrected chi connectivity index (χ3v) is 3.29. The number of hydrogen-bond acceptors (Lipinski definition) is 3. The molecule has 4 nitrogen and oxygen atoms in total. The lowest BCUT2D eigenvalue weighted by atomic mass is 10.1. The van der Waals surface area contributed by atoms with Gasteiger partial charge in [0.2, 0.25) is 0 Å². The van der Waals surface area contributed by atoms with Crippen LogP contribution in [-0.2, 0) is 0 Å². The molecule has 1 amide bonds. The molecule has 2 N–H and O–H groups in total. The van der Waals surface area contributed by atoms with Crippen molar-refractivity contribution >= 4 is 5.91 Å². The van der Waals surface area contributed by atoms with Gasteiger partial charge in [0.05, 0.1) is 5.56 Å². The molecule has 1 aliphatic rings. The molecule has 5 heteroatoms. The van der Waals surface area contributed by atoms with Crippen molar-refractivity contribution in [1.29, 1.82) is 0 Å². The Morgan fingerprint density at radius 1 is 1.42 bits per heavy atom. The van der Waals surface area contributed by atoms with Crippen LogP contribution in [0.2, 0.25) is 0 Å². The van der Waals surface area contributed by atoms with E-state index in [1.807, 2.05) is 6.92 Å². The first-order valence-electron chi connectivity index (χ1n) is 6.64.